The highest BCUT2D eigenvalue weighted by Gasteiger charge is 2.35. The van der Waals surface area contributed by atoms with Crippen molar-refractivity contribution in [1.29, 1.82) is 0 Å². The molecule has 0 saturated carbocycles. The van der Waals surface area contributed by atoms with E-state index in [0.29, 0.717) is 6.54 Å². The number of nitrogens with one attached hydrogen (secondary N) is 1. The summed E-state index contributed by atoms with van der Waals surface area (Å²) in [6.45, 7) is 0.740. The van der Waals surface area contributed by atoms with Crippen LogP contribution in [0, 0.1) is 11.7 Å². The SMILES string of the molecule is O=C(NCCc1ccccc1)[C@H]1CC(=O)N(c2ccccc2F)C1. The molecule has 2 aromatic rings. The number of nitrogens with zero attached hydrogens (tertiary/aromatic N) is 1. The first-order valence-corrected chi connectivity index (χ1v) is 8.01. The zero-order valence-corrected chi connectivity index (χ0v) is 13.2. The maximum atomic E-state index is 13.8. The lowest BCUT2D eigenvalue weighted by Crippen LogP contribution is -2.34. The van der Waals surface area contributed by atoms with Gasteiger partial charge in [0.2, 0.25) is 11.8 Å². The monoisotopic (exact) mass is 326 g/mol. The molecular weight excluding hydrogens is 307 g/mol. The Hall–Kier alpha value is -2.69. The van der Waals surface area contributed by atoms with Crippen LogP contribution >= 0.6 is 0 Å². The van der Waals surface area contributed by atoms with E-state index in [0.717, 1.165) is 12.0 Å². The molecule has 1 atom stereocenters. The van der Waals surface area contributed by atoms with Gasteiger partial charge in [-0.3, -0.25) is 9.59 Å². The van der Waals surface area contributed by atoms with E-state index in [4.69, 9.17) is 0 Å². The molecule has 0 spiro atoms. The summed E-state index contributed by atoms with van der Waals surface area (Å²) in [7, 11) is 0. The predicted octanol–water partition coefficient (Wildman–Crippen LogP) is 2.54. The highest BCUT2D eigenvalue weighted by molar-refractivity contribution is 6.00. The number of hydrogen-bond donors (Lipinski definition) is 1. The Labute approximate surface area is 140 Å². The summed E-state index contributed by atoms with van der Waals surface area (Å²) in [6, 6.07) is 16.0. The zero-order valence-electron chi connectivity index (χ0n) is 13.2. The van der Waals surface area contributed by atoms with Gasteiger partial charge in [-0.05, 0) is 24.1 Å². The molecule has 1 N–H and O–H groups in total. The molecule has 1 heterocycles. The third-order valence-electron chi connectivity index (χ3n) is 4.19. The van der Waals surface area contributed by atoms with E-state index in [1.165, 1.54) is 11.0 Å². The van der Waals surface area contributed by atoms with E-state index in [1.807, 2.05) is 30.3 Å². The van der Waals surface area contributed by atoms with Crippen LogP contribution in [0.1, 0.15) is 12.0 Å². The Morgan fingerprint density at radius 3 is 2.58 bits per heavy atom. The third kappa shape index (κ3) is 3.62. The van der Waals surface area contributed by atoms with Crippen molar-refractivity contribution in [2.24, 2.45) is 5.92 Å². The quantitative estimate of drug-likeness (QED) is 0.918. The van der Waals surface area contributed by atoms with E-state index in [9.17, 15) is 14.0 Å². The summed E-state index contributed by atoms with van der Waals surface area (Å²) in [5.74, 6) is -1.26. The number of anilines is 1. The molecule has 0 unspecified atom stereocenters. The maximum Gasteiger partial charge on any atom is 0.227 e. The fraction of sp³-hybridized carbons (Fsp3) is 0.263. The van der Waals surface area contributed by atoms with Crippen LogP contribution in [0.3, 0.4) is 0 Å². The zero-order chi connectivity index (χ0) is 16.9. The van der Waals surface area contributed by atoms with Gasteiger partial charge in [-0.2, -0.15) is 0 Å². The van der Waals surface area contributed by atoms with E-state index < -0.39 is 11.7 Å². The van der Waals surface area contributed by atoms with Gasteiger partial charge < -0.3 is 10.2 Å². The summed E-state index contributed by atoms with van der Waals surface area (Å²) in [6.07, 6.45) is 0.857. The number of benzene rings is 2. The van der Waals surface area contributed by atoms with Crippen LogP contribution in [0.5, 0.6) is 0 Å². The van der Waals surface area contributed by atoms with E-state index in [-0.39, 0.29) is 30.5 Å². The minimum absolute atomic E-state index is 0.117. The topological polar surface area (TPSA) is 49.4 Å². The Balaban J connectivity index is 1.55. The standard InChI is InChI=1S/C19H19FN2O2/c20-16-8-4-5-9-17(16)22-13-15(12-18(22)23)19(24)21-11-10-14-6-2-1-3-7-14/h1-9,15H,10-13H2,(H,21,24)/t15-/m0/s1. The molecule has 124 valence electrons. The van der Waals surface area contributed by atoms with Crippen LogP contribution in [-0.4, -0.2) is 24.9 Å². The lowest BCUT2D eigenvalue weighted by Gasteiger charge is -2.17. The molecule has 3 rings (SSSR count). The van der Waals surface area contributed by atoms with Gasteiger partial charge in [-0.15, -0.1) is 0 Å². The van der Waals surface area contributed by atoms with Gasteiger partial charge in [0, 0.05) is 19.5 Å². The number of carbonyl (C=O) groups excluding carboxylic acids is 2. The number of rotatable bonds is 5. The van der Waals surface area contributed by atoms with Crippen molar-refractivity contribution >= 4 is 17.5 Å². The first kappa shape index (κ1) is 16.2. The van der Waals surface area contributed by atoms with Gasteiger partial charge in [0.15, 0.2) is 0 Å². The van der Waals surface area contributed by atoms with Gasteiger partial charge in [-0.1, -0.05) is 42.5 Å². The van der Waals surface area contributed by atoms with E-state index in [2.05, 4.69) is 5.32 Å². The van der Waals surface area contributed by atoms with Crippen molar-refractivity contribution in [3.05, 3.63) is 66.0 Å². The Kier molecular flexibility index (Phi) is 4.89. The Morgan fingerprint density at radius 2 is 1.83 bits per heavy atom. The Morgan fingerprint density at radius 1 is 1.12 bits per heavy atom. The molecule has 0 bridgehead atoms. The van der Waals surface area contributed by atoms with Gasteiger partial charge in [0.25, 0.3) is 0 Å². The summed E-state index contributed by atoms with van der Waals surface area (Å²) in [5.41, 5.74) is 1.38. The number of hydrogen-bond acceptors (Lipinski definition) is 2. The molecule has 5 heteroatoms. The van der Waals surface area contributed by atoms with Gasteiger partial charge in [-0.25, -0.2) is 4.39 Å². The number of amides is 2. The molecule has 1 saturated heterocycles. The first-order chi connectivity index (χ1) is 11.6. The molecule has 1 aliphatic rings. The van der Waals surface area contributed by atoms with Crippen molar-refractivity contribution in [2.75, 3.05) is 18.0 Å². The molecule has 2 aromatic carbocycles. The van der Waals surface area contributed by atoms with Crippen LogP contribution in [-0.2, 0) is 16.0 Å². The van der Waals surface area contributed by atoms with Crippen molar-refractivity contribution in [1.82, 2.24) is 5.32 Å². The molecule has 1 aliphatic heterocycles. The minimum atomic E-state index is -0.448. The van der Waals surface area contributed by atoms with Crippen molar-refractivity contribution in [3.8, 4) is 0 Å². The third-order valence-corrected chi connectivity index (χ3v) is 4.19. The minimum Gasteiger partial charge on any atom is -0.355 e. The average Bonchev–Trinajstić information content (AvgIpc) is 2.98. The van der Waals surface area contributed by atoms with Crippen molar-refractivity contribution in [3.63, 3.8) is 0 Å². The maximum absolute atomic E-state index is 13.8. The van der Waals surface area contributed by atoms with E-state index in [1.54, 1.807) is 18.2 Å². The predicted molar refractivity (Wildman–Crippen MR) is 90.0 cm³/mol. The first-order valence-electron chi connectivity index (χ1n) is 8.01. The van der Waals surface area contributed by atoms with Crippen LogP contribution in [0.2, 0.25) is 0 Å². The lowest BCUT2D eigenvalue weighted by atomic mass is 10.1. The lowest BCUT2D eigenvalue weighted by molar-refractivity contribution is -0.126. The summed E-state index contributed by atoms with van der Waals surface area (Å²) in [4.78, 5) is 25.7. The smallest absolute Gasteiger partial charge is 0.227 e. The van der Waals surface area contributed by atoms with Gasteiger partial charge >= 0.3 is 0 Å². The average molecular weight is 326 g/mol. The molecule has 0 radical (unpaired) electrons. The van der Waals surface area contributed by atoms with Crippen molar-refractivity contribution < 1.29 is 14.0 Å². The molecule has 24 heavy (non-hydrogen) atoms. The van der Waals surface area contributed by atoms with Gasteiger partial charge in [0.05, 0.1) is 11.6 Å². The summed E-state index contributed by atoms with van der Waals surface area (Å²) in [5, 5.41) is 2.87. The molecule has 0 aliphatic carbocycles. The largest absolute Gasteiger partial charge is 0.355 e. The Bertz CT molecular complexity index is 733. The van der Waals surface area contributed by atoms with Crippen molar-refractivity contribution in [2.45, 2.75) is 12.8 Å². The molecule has 0 aromatic heterocycles. The highest BCUT2D eigenvalue weighted by atomic mass is 19.1. The fourth-order valence-corrected chi connectivity index (χ4v) is 2.91. The van der Waals surface area contributed by atoms with Crippen LogP contribution < -0.4 is 10.2 Å². The number of para-hydroxylation sites is 1. The fourth-order valence-electron chi connectivity index (χ4n) is 2.91. The molecule has 4 nitrogen and oxygen atoms in total. The normalized spacial score (nSPS) is 17.1. The second-order valence-electron chi connectivity index (χ2n) is 5.88. The second-order valence-corrected chi connectivity index (χ2v) is 5.88. The molecular formula is C19H19FN2O2. The highest BCUT2D eigenvalue weighted by Crippen LogP contribution is 2.27. The van der Waals surface area contributed by atoms with E-state index >= 15 is 0 Å². The van der Waals surface area contributed by atoms with Gasteiger partial charge in [0.1, 0.15) is 5.82 Å². The van der Waals surface area contributed by atoms with Crippen LogP contribution in [0.25, 0.3) is 0 Å². The number of halogens is 1. The summed E-state index contributed by atoms with van der Waals surface area (Å²) < 4.78 is 13.8. The molecule has 1 fully saturated rings. The number of carbonyl (C=O) groups is 2. The molecule has 2 amide bonds. The summed E-state index contributed by atoms with van der Waals surface area (Å²) >= 11 is 0. The van der Waals surface area contributed by atoms with Crippen LogP contribution in [0.4, 0.5) is 10.1 Å². The second kappa shape index (κ2) is 7.25. The van der Waals surface area contributed by atoms with Crippen LogP contribution in [0.15, 0.2) is 54.6 Å².